The molecule has 2 rings (SSSR count). The monoisotopic (exact) mass is 472 g/mol. The first-order valence-electron chi connectivity index (χ1n) is 11.6. The van der Waals surface area contributed by atoms with E-state index in [-0.39, 0.29) is 11.7 Å². The number of hydrogen-bond acceptors (Lipinski definition) is 6. The van der Waals surface area contributed by atoms with E-state index in [9.17, 15) is 14.4 Å². The van der Waals surface area contributed by atoms with Crippen molar-refractivity contribution >= 4 is 17.7 Å². The lowest BCUT2D eigenvalue weighted by molar-refractivity contribution is 0.0584. The summed E-state index contributed by atoms with van der Waals surface area (Å²) in [6, 6.07) is 6.07. The molecule has 0 aliphatic rings. The second kappa shape index (κ2) is 12.4. The summed E-state index contributed by atoms with van der Waals surface area (Å²) in [6.07, 6.45) is 0.592. The number of amides is 1. The van der Waals surface area contributed by atoms with Crippen LogP contribution in [0.15, 0.2) is 24.3 Å². The lowest BCUT2D eigenvalue weighted by atomic mass is 9.99. The lowest BCUT2D eigenvalue weighted by Gasteiger charge is -2.29. The molecule has 8 heteroatoms. The zero-order valence-electron chi connectivity index (χ0n) is 21.3. The third-order valence-corrected chi connectivity index (χ3v) is 6.04. The summed E-state index contributed by atoms with van der Waals surface area (Å²) < 4.78 is 17.4. The standard InChI is InChI=1S/C26H36N2O6/c1-8-27-18(4)22(17(3)23(27)26(31)33-7)24(29)19(5)28(15-10-16-34-9-2)25(30)20-11-13-21(32-6)14-12-20/h11-14,19H,8-10,15-16H2,1-7H3. The molecule has 0 spiro atoms. The van der Waals surface area contributed by atoms with E-state index in [2.05, 4.69) is 0 Å². The molecular weight excluding hydrogens is 436 g/mol. The Morgan fingerprint density at radius 3 is 2.24 bits per heavy atom. The van der Waals surface area contributed by atoms with Crippen LogP contribution in [-0.2, 0) is 16.0 Å². The number of benzene rings is 1. The van der Waals surface area contributed by atoms with Gasteiger partial charge in [0, 0.05) is 43.1 Å². The predicted molar refractivity (Wildman–Crippen MR) is 130 cm³/mol. The highest BCUT2D eigenvalue weighted by atomic mass is 16.5. The second-order valence-corrected chi connectivity index (χ2v) is 7.99. The maximum atomic E-state index is 13.7. The molecule has 1 atom stereocenters. The van der Waals surface area contributed by atoms with E-state index in [0.717, 1.165) is 0 Å². The number of aromatic nitrogens is 1. The Morgan fingerprint density at radius 1 is 1.06 bits per heavy atom. The molecule has 0 fully saturated rings. The first-order chi connectivity index (χ1) is 16.2. The number of carbonyl (C=O) groups excluding carboxylic acids is 3. The molecule has 0 bridgehead atoms. The maximum absolute atomic E-state index is 13.7. The van der Waals surface area contributed by atoms with Crippen LogP contribution in [0.5, 0.6) is 5.75 Å². The van der Waals surface area contributed by atoms with Gasteiger partial charge in [-0.2, -0.15) is 0 Å². The van der Waals surface area contributed by atoms with Crippen LogP contribution in [0, 0.1) is 13.8 Å². The molecule has 0 N–H and O–H groups in total. The number of ketones is 1. The Bertz CT molecular complexity index is 1010. The van der Waals surface area contributed by atoms with Gasteiger partial charge in [-0.3, -0.25) is 9.59 Å². The molecule has 8 nitrogen and oxygen atoms in total. The van der Waals surface area contributed by atoms with Gasteiger partial charge >= 0.3 is 5.97 Å². The molecular formula is C26H36N2O6. The number of methoxy groups -OCH3 is 2. The smallest absolute Gasteiger partial charge is 0.354 e. The Labute approximate surface area is 201 Å². The second-order valence-electron chi connectivity index (χ2n) is 7.99. The summed E-state index contributed by atoms with van der Waals surface area (Å²) in [5.74, 6) is -0.313. The molecule has 186 valence electrons. The first-order valence-corrected chi connectivity index (χ1v) is 11.6. The van der Waals surface area contributed by atoms with Crippen molar-refractivity contribution in [1.29, 1.82) is 0 Å². The summed E-state index contributed by atoms with van der Waals surface area (Å²) in [4.78, 5) is 41.2. The number of carbonyl (C=O) groups is 3. The summed E-state index contributed by atoms with van der Waals surface area (Å²) in [7, 11) is 2.88. The average Bonchev–Trinajstić information content (AvgIpc) is 3.11. The molecule has 1 heterocycles. The van der Waals surface area contributed by atoms with E-state index in [1.165, 1.54) is 7.11 Å². The number of Topliss-reactive ketones (excluding diaryl/α,β-unsaturated/α-hetero) is 1. The minimum absolute atomic E-state index is 0.217. The Balaban J connectivity index is 2.44. The third-order valence-electron chi connectivity index (χ3n) is 6.04. The molecule has 34 heavy (non-hydrogen) atoms. The zero-order valence-corrected chi connectivity index (χ0v) is 21.3. The number of nitrogens with zero attached hydrogens (tertiary/aromatic N) is 2. The van der Waals surface area contributed by atoms with Crippen molar-refractivity contribution in [3.05, 3.63) is 52.3 Å². The van der Waals surface area contributed by atoms with Crippen molar-refractivity contribution in [3.8, 4) is 5.75 Å². The molecule has 0 aliphatic carbocycles. The fourth-order valence-electron chi connectivity index (χ4n) is 4.22. The van der Waals surface area contributed by atoms with Crippen molar-refractivity contribution in [2.45, 2.75) is 53.6 Å². The van der Waals surface area contributed by atoms with Crippen molar-refractivity contribution in [2.75, 3.05) is 34.0 Å². The minimum atomic E-state index is -0.744. The van der Waals surface area contributed by atoms with Crippen molar-refractivity contribution in [2.24, 2.45) is 0 Å². The van der Waals surface area contributed by atoms with Crippen LogP contribution in [0.1, 0.15) is 69.7 Å². The van der Waals surface area contributed by atoms with E-state index < -0.39 is 12.0 Å². The van der Waals surface area contributed by atoms with Crippen LogP contribution < -0.4 is 4.74 Å². The normalized spacial score (nSPS) is 11.7. The highest BCUT2D eigenvalue weighted by Gasteiger charge is 2.33. The van der Waals surface area contributed by atoms with Crippen LogP contribution in [0.3, 0.4) is 0 Å². The number of hydrogen-bond donors (Lipinski definition) is 0. The van der Waals surface area contributed by atoms with E-state index in [4.69, 9.17) is 14.2 Å². The number of rotatable bonds is 12. The SMILES string of the molecule is CCOCCCN(C(=O)c1ccc(OC)cc1)C(C)C(=O)c1c(C)c(C(=O)OC)n(CC)c1C. The van der Waals surface area contributed by atoms with Crippen molar-refractivity contribution in [1.82, 2.24) is 9.47 Å². The van der Waals surface area contributed by atoms with Gasteiger partial charge in [0.05, 0.1) is 20.3 Å². The summed E-state index contributed by atoms with van der Waals surface area (Å²) in [5.41, 5.74) is 2.53. The van der Waals surface area contributed by atoms with Gasteiger partial charge in [0.15, 0.2) is 5.78 Å². The van der Waals surface area contributed by atoms with Gasteiger partial charge in [0.25, 0.3) is 5.91 Å². The Morgan fingerprint density at radius 2 is 1.71 bits per heavy atom. The van der Waals surface area contributed by atoms with Crippen LogP contribution in [0.2, 0.25) is 0 Å². The maximum Gasteiger partial charge on any atom is 0.354 e. The first kappa shape index (κ1) is 27.1. The van der Waals surface area contributed by atoms with E-state index in [1.54, 1.807) is 54.7 Å². The van der Waals surface area contributed by atoms with Gasteiger partial charge in [-0.1, -0.05) is 0 Å². The largest absolute Gasteiger partial charge is 0.497 e. The molecule has 1 aromatic carbocycles. The van der Waals surface area contributed by atoms with Crippen molar-refractivity contribution < 1.29 is 28.6 Å². The highest BCUT2D eigenvalue weighted by Crippen LogP contribution is 2.26. The number of esters is 1. The molecule has 2 aromatic rings. The molecule has 0 aliphatic heterocycles. The van der Waals surface area contributed by atoms with Gasteiger partial charge in [-0.15, -0.1) is 0 Å². The van der Waals surface area contributed by atoms with Gasteiger partial charge < -0.3 is 23.7 Å². The van der Waals surface area contributed by atoms with Crippen LogP contribution >= 0.6 is 0 Å². The molecule has 0 saturated carbocycles. The summed E-state index contributed by atoms with van der Waals surface area (Å²) >= 11 is 0. The summed E-state index contributed by atoms with van der Waals surface area (Å²) in [5, 5.41) is 0. The van der Waals surface area contributed by atoms with E-state index in [1.807, 2.05) is 20.8 Å². The quantitative estimate of drug-likeness (QED) is 0.263. The van der Waals surface area contributed by atoms with Gasteiger partial charge in [0.1, 0.15) is 11.4 Å². The third kappa shape index (κ3) is 5.67. The van der Waals surface area contributed by atoms with Gasteiger partial charge in [0.2, 0.25) is 0 Å². The number of ether oxygens (including phenoxy) is 3. The molecule has 1 unspecified atom stereocenters. The highest BCUT2D eigenvalue weighted by molar-refractivity contribution is 6.07. The molecule has 0 saturated heterocycles. The van der Waals surface area contributed by atoms with Crippen LogP contribution in [0.25, 0.3) is 0 Å². The van der Waals surface area contributed by atoms with Gasteiger partial charge in [-0.05, 0) is 70.9 Å². The average molecular weight is 473 g/mol. The molecule has 1 aromatic heterocycles. The topological polar surface area (TPSA) is 87.1 Å². The lowest BCUT2D eigenvalue weighted by Crippen LogP contribution is -2.44. The zero-order chi connectivity index (χ0) is 25.4. The molecule has 0 radical (unpaired) electrons. The Kier molecular flexibility index (Phi) is 9.86. The van der Waals surface area contributed by atoms with Crippen LogP contribution in [-0.4, -0.2) is 67.1 Å². The van der Waals surface area contributed by atoms with E-state index in [0.29, 0.717) is 66.6 Å². The fraction of sp³-hybridized carbons (Fsp3) is 0.500. The molecule has 1 amide bonds. The van der Waals surface area contributed by atoms with E-state index >= 15 is 0 Å². The summed E-state index contributed by atoms with van der Waals surface area (Å²) in [6.45, 7) is 11.0. The Hall–Kier alpha value is -3.13. The van der Waals surface area contributed by atoms with Gasteiger partial charge in [-0.25, -0.2) is 4.79 Å². The van der Waals surface area contributed by atoms with Crippen LogP contribution in [0.4, 0.5) is 0 Å². The minimum Gasteiger partial charge on any atom is -0.497 e. The fourth-order valence-corrected chi connectivity index (χ4v) is 4.22. The predicted octanol–water partition coefficient (Wildman–Crippen LogP) is 4.06. The van der Waals surface area contributed by atoms with Crippen molar-refractivity contribution in [3.63, 3.8) is 0 Å².